The summed E-state index contributed by atoms with van der Waals surface area (Å²) in [4.78, 5) is 22.4. The van der Waals surface area contributed by atoms with Gasteiger partial charge in [-0.1, -0.05) is 27.7 Å². The lowest BCUT2D eigenvalue weighted by Crippen LogP contribution is -2.41. The maximum absolute atomic E-state index is 11.2. The van der Waals surface area contributed by atoms with Gasteiger partial charge < -0.3 is 10.6 Å². The average molecular weight is 214 g/mol. The Morgan fingerprint density at radius 3 is 1.93 bits per heavy atom. The minimum atomic E-state index is -0.535. The highest BCUT2D eigenvalue weighted by molar-refractivity contribution is 6.35. The van der Waals surface area contributed by atoms with E-state index in [1.54, 1.807) is 0 Å². The highest BCUT2D eigenvalue weighted by atomic mass is 16.2. The van der Waals surface area contributed by atoms with Crippen molar-refractivity contribution in [3.05, 3.63) is 0 Å². The standard InChI is InChI=1S/C11H22N2O2/c1-8(2)5-6-12-10(14)11(15)13-7-9(3)4/h8-9H,5-7H2,1-4H3,(H,12,14)(H,13,15). The molecule has 4 nitrogen and oxygen atoms in total. The van der Waals surface area contributed by atoms with Gasteiger partial charge in [0, 0.05) is 13.1 Å². The molecule has 0 aliphatic heterocycles. The molecular weight excluding hydrogens is 192 g/mol. The molecule has 15 heavy (non-hydrogen) atoms. The van der Waals surface area contributed by atoms with Crippen LogP contribution in [0.25, 0.3) is 0 Å². The van der Waals surface area contributed by atoms with Gasteiger partial charge in [0.1, 0.15) is 0 Å². The zero-order chi connectivity index (χ0) is 11.8. The molecule has 0 unspecified atom stereocenters. The van der Waals surface area contributed by atoms with E-state index < -0.39 is 11.8 Å². The quantitative estimate of drug-likeness (QED) is 0.669. The summed E-state index contributed by atoms with van der Waals surface area (Å²) in [5.74, 6) is -0.176. The number of carbonyl (C=O) groups is 2. The van der Waals surface area contributed by atoms with Gasteiger partial charge in [-0.2, -0.15) is 0 Å². The van der Waals surface area contributed by atoms with E-state index >= 15 is 0 Å². The first-order chi connectivity index (χ1) is 6.93. The fraction of sp³-hybridized carbons (Fsp3) is 0.818. The third kappa shape index (κ3) is 7.97. The van der Waals surface area contributed by atoms with Crippen molar-refractivity contribution in [3.63, 3.8) is 0 Å². The molecule has 0 aliphatic rings. The minimum Gasteiger partial charge on any atom is -0.348 e. The van der Waals surface area contributed by atoms with Crippen LogP contribution in [0.4, 0.5) is 0 Å². The number of nitrogens with one attached hydrogen (secondary N) is 2. The van der Waals surface area contributed by atoms with Crippen molar-refractivity contribution in [1.29, 1.82) is 0 Å². The van der Waals surface area contributed by atoms with Crippen LogP contribution in [0.5, 0.6) is 0 Å². The van der Waals surface area contributed by atoms with Crippen molar-refractivity contribution >= 4 is 11.8 Å². The lowest BCUT2D eigenvalue weighted by Gasteiger charge is -2.08. The van der Waals surface area contributed by atoms with Gasteiger partial charge >= 0.3 is 11.8 Å². The van der Waals surface area contributed by atoms with E-state index in [2.05, 4.69) is 24.5 Å². The third-order valence-electron chi connectivity index (χ3n) is 1.88. The summed E-state index contributed by atoms with van der Waals surface area (Å²) in [6, 6.07) is 0. The van der Waals surface area contributed by atoms with E-state index in [1.165, 1.54) is 0 Å². The van der Waals surface area contributed by atoms with Crippen LogP contribution in [0.15, 0.2) is 0 Å². The number of amides is 2. The fourth-order valence-corrected chi connectivity index (χ4v) is 0.932. The largest absolute Gasteiger partial charge is 0.348 e. The van der Waals surface area contributed by atoms with E-state index in [1.807, 2.05) is 13.8 Å². The van der Waals surface area contributed by atoms with Gasteiger partial charge in [0.25, 0.3) is 0 Å². The molecule has 0 saturated heterocycles. The molecule has 4 heteroatoms. The van der Waals surface area contributed by atoms with Gasteiger partial charge in [0.2, 0.25) is 0 Å². The Hall–Kier alpha value is -1.06. The molecule has 0 heterocycles. The summed E-state index contributed by atoms with van der Waals surface area (Å²) in [6.45, 7) is 9.21. The van der Waals surface area contributed by atoms with Gasteiger partial charge in [-0.15, -0.1) is 0 Å². The van der Waals surface area contributed by atoms with Crippen molar-refractivity contribution in [3.8, 4) is 0 Å². The zero-order valence-electron chi connectivity index (χ0n) is 10.1. The lowest BCUT2D eigenvalue weighted by atomic mass is 10.1. The molecule has 0 fully saturated rings. The summed E-state index contributed by atoms with van der Waals surface area (Å²) in [5, 5.41) is 5.16. The average Bonchev–Trinajstić information content (AvgIpc) is 2.13. The van der Waals surface area contributed by atoms with Gasteiger partial charge in [-0.3, -0.25) is 9.59 Å². The first-order valence-electron chi connectivity index (χ1n) is 5.49. The van der Waals surface area contributed by atoms with Crippen molar-refractivity contribution in [2.75, 3.05) is 13.1 Å². The Kier molecular flexibility index (Phi) is 6.75. The topological polar surface area (TPSA) is 58.2 Å². The Morgan fingerprint density at radius 1 is 0.933 bits per heavy atom. The van der Waals surface area contributed by atoms with Crippen LogP contribution in [-0.2, 0) is 9.59 Å². The Morgan fingerprint density at radius 2 is 1.47 bits per heavy atom. The van der Waals surface area contributed by atoms with Gasteiger partial charge in [-0.25, -0.2) is 0 Å². The highest BCUT2D eigenvalue weighted by Gasteiger charge is 2.12. The minimum absolute atomic E-state index is 0.359. The van der Waals surface area contributed by atoms with E-state index in [-0.39, 0.29) is 0 Å². The lowest BCUT2D eigenvalue weighted by molar-refractivity contribution is -0.139. The SMILES string of the molecule is CC(C)CCNC(=O)C(=O)NCC(C)C. The molecule has 0 aromatic heterocycles. The van der Waals surface area contributed by atoms with Crippen molar-refractivity contribution in [1.82, 2.24) is 10.6 Å². The zero-order valence-corrected chi connectivity index (χ0v) is 10.1. The van der Waals surface area contributed by atoms with E-state index in [4.69, 9.17) is 0 Å². The Labute approximate surface area is 91.8 Å². The van der Waals surface area contributed by atoms with Crippen LogP contribution >= 0.6 is 0 Å². The van der Waals surface area contributed by atoms with E-state index in [9.17, 15) is 9.59 Å². The van der Waals surface area contributed by atoms with Crippen LogP contribution in [0.3, 0.4) is 0 Å². The summed E-state index contributed by atoms with van der Waals surface area (Å²) in [5.41, 5.74) is 0. The monoisotopic (exact) mass is 214 g/mol. The molecule has 88 valence electrons. The van der Waals surface area contributed by atoms with Crippen LogP contribution in [-0.4, -0.2) is 24.9 Å². The predicted octanol–water partition coefficient (Wildman–Crippen LogP) is 0.921. The summed E-state index contributed by atoms with van der Waals surface area (Å²) < 4.78 is 0. The molecule has 0 aliphatic carbocycles. The fourth-order valence-electron chi connectivity index (χ4n) is 0.932. The van der Waals surface area contributed by atoms with Crippen molar-refractivity contribution in [2.45, 2.75) is 34.1 Å². The molecule has 0 atom stereocenters. The molecule has 0 aromatic carbocycles. The molecule has 0 spiro atoms. The number of rotatable bonds is 5. The molecule has 0 rings (SSSR count). The first-order valence-corrected chi connectivity index (χ1v) is 5.49. The second-order valence-electron chi connectivity index (χ2n) is 4.54. The molecule has 0 bridgehead atoms. The molecule has 0 saturated carbocycles. The van der Waals surface area contributed by atoms with Crippen LogP contribution in [0.1, 0.15) is 34.1 Å². The molecule has 0 aromatic rings. The molecular formula is C11H22N2O2. The normalized spacial score (nSPS) is 10.5. The van der Waals surface area contributed by atoms with E-state index in [0.29, 0.717) is 24.9 Å². The van der Waals surface area contributed by atoms with Crippen LogP contribution in [0.2, 0.25) is 0 Å². The molecule has 2 N–H and O–H groups in total. The molecule has 0 radical (unpaired) electrons. The van der Waals surface area contributed by atoms with E-state index in [0.717, 1.165) is 6.42 Å². The van der Waals surface area contributed by atoms with Gasteiger partial charge in [-0.05, 0) is 18.3 Å². The van der Waals surface area contributed by atoms with Crippen LogP contribution in [0, 0.1) is 11.8 Å². The maximum atomic E-state index is 11.2. The molecule has 2 amide bonds. The number of carbonyl (C=O) groups excluding carboxylic acids is 2. The summed E-state index contributed by atoms with van der Waals surface area (Å²) in [6.07, 6.45) is 0.892. The van der Waals surface area contributed by atoms with Gasteiger partial charge in [0.05, 0.1) is 0 Å². The van der Waals surface area contributed by atoms with Crippen molar-refractivity contribution in [2.24, 2.45) is 11.8 Å². The Bertz CT molecular complexity index is 213. The number of hydrogen-bond donors (Lipinski definition) is 2. The van der Waals surface area contributed by atoms with Gasteiger partial charge in [0.15, 0.2) is 0 Å². The summed E-state index contributed by atoms with van der Waals surface area (Å²) in [7, 11) is 0. The van der Waals surface area contributed by atoms with Crippen LogP contribution < -0.4 is 10.6 Å². The first kappa shape index (κ1) is 13.9. The Balaban J connectivity index is 3.65. The second-order valence-corrected chi connectivity index (χ2v) is 4.54. The number of hydrogen-bond acceptors (Lipinski definition) is 2. The maximum Gasteiger partial charge on any atom is 0.309 e. The van der Waals surface area contributed by atoms with Crippen molar-refractivity contribution < 1.29 is 9.59 Å². The predicted molar refractivity (Wildman–Crippen MR) is 60.3 cm³/mol. The third-order valence-corrected chi connectivity index (χ3v) is 1.88. The summed E-state index contributed by atoms with van der Waals surface area (Å²) >= 11 is 0. The second kappa shape index (κ2) is 7.26. The smallest absolute Gasteiger partial charge is 0.309 e. The highest BCUT2D eigenvalue weighted by Crippen LogP contribution is 1.96.